The van der Waals surface area contributed by atoms with E-state index in [1.165, 1.54) is 7.11 Å². The molecule has 0 radical (unpaired) electrons. The molecule has 0 aromatic heterocycles. The SMILES string of the molecule is CCC[C@@H]1NC(=O)N(CCC(=O)Nc2cc(C)c(Cl)cc2OC)C1=O. The molecule has 0 spiro atoms. The van der Waals surface area contributed by atoms with E-state index in [1.807, 2.05) is 13.8 Å². The standard InChI is InChI=1S/C17H22ClN3O4/c1-4-5-12-16(23)21(17(24)20-12)7-6-15(22)19-13-8-10(2)11(18)9-14(13)25-3/h8-9,12H,4-7H2,1-3H3,(H,19,22)(H,20,24)/t12-/m0/s1. The molecule has 8 heteroatoms. The molecule has 0 bridgehead atoms. The first-order valence-electron chi connectivity index (χ1n) is 8.13. The van der Waals surface area contributed by atoms with Gasteiger partial charge in [-0.15, -0.1) is 0 Å². The van der Waals surface area contributed by atoms with Gasteiger partial charge in [0.05, 0.1) is 12.8 Å². The molecule has 7 nitrogen and oxygen atoms in total. The number of aryl methyl sites for hydroxylation is 1. The van der Waals surface area contributed by atoms with Gasteiger partial charge in [-0.2, -0.15) is 0 Å². The number of carbonyl (C=O) groups excluding carboxylic acids is 3. The van der Waals surface area contributed by atoms with Crippen molar-refractivity contribution in [3.63, 3.8) is 0 Å². The average Bonchev–Trinajstić information content (AvgIpc) is 2.83. The molecule has 2 N–H and O–H groups in total. The molecule has 1 aliphatic rings. The highest BCUT2D eigenvalue weighted by atomic mass is 35.5. The van der Waals surface area contributed by atoms with Crippen LogP contribution in [0.4, 0.5) is 10.5 Å². The molecule has 0 unspecified atom stereocenters. The molecule has 0 saturated carbocycles. The maximum absolute atomic E-state index is 12.2. The lowest BCUT2D eigenvalue weighted by atomic mass is 10.1. The van der Waals surface area contributed by atoms with Crippen molar-refractivity contribution in [1.29, 1.82) is 0 Å². The van der Waals surface area contributed by atoms with Crippen molar-refractivity contribution in [2.75, 3.05) is 19.0 Å². The number of halogens is 1. The van der Waals surface area contributed by atoms with Crippen molar-refractivity contribution in [3.8, 4) is 5.75 Å². The van der Waals surface area contributed by atoms with E-state index in [4.69, 9.17) is 16.3 Å². The van der Waals surface area contributed by atoms with E-state index in [9.17, 15) is 14.4 Å². The summed E-state index contributed by atoms with van der Waals surface area (Å²) < 4.78 is 5.21. The Labute approximate surface area is 151 Å². The highest BCUT2D eigenvalue weighted by Gasteiger charge is 2.37. The number of ether oxygens (including phenoxy) is 1. The number of carbonyl (C=O) groups is 3. The summed E-state index contributed by atoms with van der Waals surface area (Å²) in [6.07, 6.45) is 1.39. The molecule has 1 heterocycles. The molecule has 4 amide bonds. The third-order valence-electron chi connectivity index (χ3n) is 4.00. The number of rotatable bonds is 7. The molecule has 1 aromatic carbocycles. The second-order valence-electron chi connectivity index (χ2n) is 5.88. The van der Waals surface area contributed by atoms with E-state index in [0.717, 1.165) is 16.9 Å². The Morgan fingerprint density at radius 3 is 2.76 bits per heavy atom. The minimum absolute atomic E-state index is 0.00281. The van der Waals surface area contributed by atoms with Gasteiger partial charge in [-0.25, -0.2) is 4.79 Å². The Balaban J connectivity index is 1.96. The van der Waals surface area contributed by atoms with Crippen molar-refractivity contribution in [2.45, 2.75) is 39.2 Å². The summed E-state index contributed by atoms with van der Waals surface area (Å²) in [5.74, 6) is -0.152. The molecule has 0 aliphatic carbocycles. The lowest BCUT2D eigenvalue weighted by Crippen LogP contribution is -2.34. The van der Waals surface area contributed by atoms with Crippen LogP contribution in [0.1, 0.15) is 31.7 Å². The smallest absolute Gasteiger partial charge is 0.324 e. The van der Waals surface area contributed by atoms with Crippen LogP contribution in [0.5, 0.6) is 5.75 Å². The lowest BCUT2D eigenvalue weighted by Gasteiger charge is -2.14. The van der Waals surface area contributed by atoms with Crippen LogP contribution in [0.15, 0.2) is 12.1 Å². The first kappa shape index (κ1) is 19.1. The van der Waals surface area contributed by atoms with Gasteiger partial charge in [0.1, 0.15) is 11.8 Å². The molecular formula is C17H22ClN3O4. The molecule has 25 heavy (non-hydrogen) atoms. The van der Waals surface area contributed by atoms with E-state index >= 15 is 0 Å². The first-order valence-corrected chi connectivity index (χ1v) is 8.51. The topological polar surface area (TPSA) is 87.7 Å². The van der Waals surface area contributed by atoms with Gasteiger partial charge in [0.2, 0.25) is 5.91 Å². The van der Waals surface area contributed by atoms with Crippen LogP contribution < -0.4 is 15.4 Å². The molecule has 136 valence electrons. The monoisotopic (exact) mass is 367 g/mol. The Bertz CT molecular complexity index is 693. The number of urea groups is 1. The lowest BCUT2D eigenvalue weighted by molar-refractivity contribution is -0.127. The highest BCUT2D eigenvalue weighted by Crippen LogP contribution is 2.31. The van der Waals surface area contributed by atoms with Crippen LogP contribution in [0.3, 0.4) is 0 Å². The quantitative estimate of drug-likeness (QED) is 0.725. The average molecular weight is 368 g/mol. The third-order valence-corrected chi connectivity index (χ3v) is 4.41. The van der Waals surface area contributed by atoms with Crippen molar-refractivity contribution < 1.29 is 19.1 Å². The fourth-order valence-electron chi connectivity index (χ4n) is 2.63. The van der Waals surface area contributed by atoms with Crippen molar-refractivity contribution >= 4 is 35.1 Å². The van der Waals surface area contributed by atoms with E-state index in [1.54, 1.807) is 12.1 Å². The maximum Gasteiger partial charge on any atom is 0.324 e. The van der Waals surface area contributed by atoms with Crippen LogP contribution >= 0.6 is 11.6 Å². The third kappa shape index (κ3) is 4.42. The molecular weight excluding hydrogens is 346 g/mol. The summed E-state index contributed by atoms with van der Waals surface area (Å²) in [4.78, 5) is 37.3. The predicted molar refractivity (Wildman–Crippen MR) is 94.9 cm³/mol. The van der Waals surface area contributed by atoms with Gasteiger partial charge < -0.3 is 15.4 Å². The number of nitrogens with one attached hydrogen (secondary N) is 2. The van der Waals surface area contributed by atoms with Gasteiger partial charge >= 0.3 is 6.03 Å². The maximum atomic E-state index is 12.2. The number of amides is 4. The van der Waals surface area contributed by atoms with Gasteiger partial charge in [0, 0.05) is 24.1 Å². The number of hydrogen-bond donors (Lipinski definition) is 2. The minimum Gasteiger partial charge on any atom is -0.495 e. The molecule has 2 rings (SSSR count). The fourth-order valence-corrected chi connectivity index (χ4v) is 2.78. The van der Waals surface area contributed by atoms with E-state index in [2.05, 4.69) is 10.6 Å². The molecule has 1 aliphatic heterocycles. The number of hydrogen-bond acceptors (Lipinski definition) is 4. The number of benzene rings is 1. The molecule has 1 atom stereocenters. The normalized spacial score (nSPS) is 16.8. The zero-order valence-electron chi connectivity index (χ0n) is 14.5. The van der Waals surface area contributed by atoms with Crippen LogP contribution in [0, 0.1) is 6.92 Å². The van der Waals surface area contributed by atoms with E-state index in [-0.39, 0.29) is 24.8 Å². The minimum atomic E-state index is -0.487. The number of methoxy groups -OCH3 is 1. The Morgan fingerprint density at radius 1 is 1.40 bits per heavy atom. The van der Waals surface area contributed by atoms with Crippen molar-refractivity contribution in [3.05, 3.63) is 22.7 Å². The number of nitrogens with zero attached hydrogens (tertiary/aromatic N) is 1. The Kier molecular flexibility index (Phi) is 6.25. The van der Waals surface area contributed by atoms with Crippen LogP contribution in [-0.4, -0.2) is 42.4 Å². The predicted octanol–water partition coefficient (Wildman–Crippen LogP) is 2.71. The second kappa shape index (κ2) is 8.20. The molecule has 1 saturated heterocycles. The summed E-state index contributed by atoms with van der Waals surface area (Å²) in [5.41, 5.74) is 1.30. The van der Waals surface area contributed by atoms with Crippen LogP contribution in [0.2, 0.25) is 5.02 Å². The summed E-state index contributed by atoms with van der Waals surface area (Å²) in [6, 6.07) is 2.40. The summed E-state index contributed by atoms with van der Waals surface area (Å²) in [7, 11) is 1.48. The molecule has 1 fully saturated rings. The van der Waals surface area contributed by atoms with Crippen molar-refractivity contribution in [1.82, 2.24) is 10.2 Å². The number of imide groups is 1. The van der Waals surface area contributed by atoms with E-state index in [0.29, 0.717) is 22.9 Å². The summed E-state index contributed by atoms with van der Waals surface area (Å²) in [6.45, 7) is 3.79. The fraction of sp³-hybridized carbons (Fsp3) is 0.471. The number of anilines is 1. The Morgan fingerprint density at radius 2 is 2.12 bits per heavy atom. The van der Waals surface area contributed by atoms with Gasteiger partial charge in [-0.05, 0) is 25.0 Å². The van der Waals surface area contributed by atoms with E-state index < -0.39 is 12.1 Å². The zero-order valence-corrected chi connectivity index (χ0v) is 15.3. The summed E-state index contributed by atoms with van der Waals surface area (Å²) >= 11 is 6.04. The van der Waals surface area contributed by atoms with Gasteiger partial charge in [0.25, 0.3) is 5.91 Å². The highest BCUT2D eigenvalue weighted by molar-refractivity contribution is 6.31. The molecule has 1 aromatic rings. The summed E-state index contributed by atoms with van der Waals surface area (Å²) in [5, 5.41) is 5.90. The van der Waals surface area contributed by atoms with Gasteiger partial charge in [-0.1, -0.05) is 24.9 Å². The zero-order chi connectivity index (χ0) is 18.6. The van der Waals surface area contributed by atoms with Crippen LogP contribution in [-0.2, 0) is 9.59 Å². The largest absolute Gasteiger partial charge is 0.495 e. The first-order chi connectivity index (χ1) is 11.9. The van der Waals surface area contributed by atoms with Crippen LogP contribution in [0.25, 0.3) is 0 Å². The second-order valence-corrected chi connectivity index (χ2v) is 6.29. The van der Waals surface area contributed by atoms with Gasteiger partial charge in [-0.3, -0.25) is 14.5 Å². The van der Waals surface area contributed by atoms with Gasteiger partial charge in [0.15, 0.2) is 0 Å². The van der Waals surface area contributed by atoms with Crippen molar-refractivity contribution in [2.24, 2.45) is 0 Å². The Hall–Kier alpha value is -2.28.